The van der Waals surface area contributed by atoms with Crippen LogP contribution in [0.5, 0.6) is 0 Å². The van der Waals surface area contributed by atoms with Gasteiger partial charge in [-0.15, -0.1) is 0 Å². The van der Waals surface area contributed by atoms with Gasteiger partial charge in [-0.1, -0.05) is 25.5 Å². The molecule has 1 unspecified atom stereocenters. The molecule has 1 aromatic rings. The monoisotopic (exact) mass is 314 g/mol. The quantitative estimate of drug-likeness (QED) is 0.729. The Bertz CT molecular complexity index is 538. The molecule has 0 aliphatic rings. The van der Waals surface area contributed by atoms with Crippen LogP contribution in [0.25, 0.3) is 0 Å². The summed E-state index contributed by atoms with van der Waals surface area (Å²) < 4.78 is 33.0. The Labute approximate surface area is 128 Å². The number of sulfonamides is 1. The number of hydrogen-bond donors (Lipinski definition) is 2. The SMILES string of the molecule is CCCC(COC)NS(=O)(=O)c1cccc(CNC)c1C. The zero-order valence-electron chi connectivity index (χ0n) is 13.3. The smallest absolute Gasteiger partial charge is 0.241 e. The molecular formula is C15H26N2O3S. The fourth-order valence-corrected chi connectivity index (χ4v) is 3.89. The zero-order valence-corrected chi connectivity index (χ0v) is 14.1. The maximum Gasteiger partial charge on any atom is 0.241 e. The topological polar surface area (TPSA) is 67.4 Å². The molecule has 0 saturated carbocycles. The lowest BCUT2D eigenvalue weighted by Crippen LogP contribution is -2.38. The van der Waals surface area contributed by atoms with Crippen molar-refractivity contribution in [2.45, 2.75) is 44.2 Å². The summed E-state index contributed by atoms with van der Waals surface area (Å²) in [5, 5.41) is 3.05. The predicted octanol–water partition coefficient (Wildman–Crippen LogP) is 1.81. The van der Waals surface area contributed by atoms with E-state index in [0.717, 1.165) is 24.0 Å². The van der Waals surface area contributed by atoms with Crippen molar-refractivity contribution in [2.24, 2.45) is 0 Å². The van der Waals surface area contributed by atoms with Crippen molar-refractivity contribution in [2.75, 3.05) is 20.8 Å². The summed E-state index contributed by atoms with van der Waals surface area (Å²) in [5.41, 5.74) is 1.77. The first-order valence-corrected chi connectivity index (χ1v) is 8.69. The van der Waals surface area contributed by atoms with Gasteiger partial charge in [0, 0.05) is 19.7 Å². The molecule has 0 amide bonds. The first-order chi connectivity index (χ1) is 9.96. The average Bonchev–Trinajstić information content (AvgIpc) is 2.41. The van der Waals surface area contributed by atoms with Gasteiger partial charge in [-0.25, -0.2) is 13.1 Å². The van der Waals surface area contributed by atoms with Gasteiger partial charge in [0.05, 0.1) is 11.5 Å². The van der Waals surface area contributed by atoms with Gasteiger partial charge in [0.15, 0.2) is 0 Å². The second-order valence-electron chi connectivity index (χ2n) is 5.13. The van der Waals surface area contributed by atoms with Gasteiger partial charge < -0.3 is 10.1 Å². The maximum absolute atomic E-state index is 12.6. The summed E-state index contributed by atoms with van der Waals surface area (Å²) in [4.78, 5) is 0.340. The largest absolute Gasteiger partial charge is 0.383 e. The fourth-order valence-electron chi connectivity index (χ4n) is 2.34. The van der Waals surface area contributed by atoms with E-state index in [0.29, 0.717) is 18.0 Å². The van der Waals surface area contributed by atoms with E-state index < -0.39 is 10.0 Å². The van der Waals surface area contributed by atoms with E-state index in [-0.39, 0.29) is 6.04 Å². The van der Waals surface area contributed by atoms with E-state index in [1.807, 2.05) is 27.0 Å². The molecule has 0 aliphatic carbocycles. The Morgan fingerprint density at radius 2 is 2.05 bits per heavy atom. The number of nitrogens with one attached hydrogen (secondary N) is 2. The van der Waals surface area contributed by atoms with E-state index in [1.165, 1.54) is 0 Å². The second-order valence-corrected chi connectivity index (χ2v) is 6.82. The van der Waals surface area contributed by atoms with Crippen molar-refractivity contribution in [3.63, 3.8) is 0 Å². The summed E-state index contributed by atoms with van der Waals surface area (Å²) in [5.74, 6) is 0. The van der Waals surface area contributed by atoms with Crippen LogP contribution >= 0.6 is 0 Å². The van der Waals surface area contributed by atoms with Gasteiger partial charge in [-0.05, 0) is 37.6 Å². The highest BCUT2D eigenvalue weighted by molar-refractivity contribution is 7.89. The number of benzene rings is 1. The van der Waals surface area contributed by atoms with Crippen molar-refractivity contribution in [3.05, 3.63) is 29.3 Å². The highest BCUT2D eigenvalue weighted by atomic mass is 32.2. The Hall–Kier alpha value is -0.950. The number of ether oxygens (including phenoxy) is 1. The minimum Gasteiger partial charge on any atom is -0.383 e. The molecule has 21 heavy (non-hydrogen) atoms. The molecule has 0 bridgehead atoms. The summed E-state index contributed by atoms with van der Waals surface area (Å²) in [7, 11) is -0.112. The van der Waals surface area contributed by atoms with Crippen LogP contribution in [-0.4, -0.2) is 35.2 Å². The van der Waals surface area contributed by atoms with Crippen LogP contribution in [0, 0.1) is 6.92 Å². The third-order valence-electron chi connectivity index (χ3n) is 3.38. The lowest BCUT2D eigenvalue weighted by Gasteiger charge is -2.19. The molecule has 0 spiro atoms. The van der Waals surface area contributed by atoms with E-state index >= 15 is 0 Å². The summed E-state index contributed by atoms with van der Waals surface area (Å²) in [6.07, 6.45) is 1.65. The van der Waals surface area contributed by atoms with Gasteiger partial charge in [0.1, 0.15) is 0 Å². The molecule has 0 fully saturated rings. The Kier molecular flexibility index (Phi) is 7.31. The Morgan fingerprint density at radius 3 is 2.62 bits per heavy atom. The van der Waals surface area contributed by atoms with Crippen molar-refractivity contribution < 1.29 is 13.2 Å². The van der Waals surface area contributed by atoms with Crippen LogP contribution in [0.4, 0.5) is 0 Å². The van der Waals surface area contributed by atoms with Crippen molar-refractivity contribution in [1.82, 2.24) is 10.0 Å². The normalized spacial score (nSPS) is 13.3. The Balaban J connectivity index is 3.04. The summed E-state index contributed by atoms with van der Waals surface area (Å²) >= 11 is 0. The molecule has 0 aliphatic heterocycles. The van der Waals surface area contributed by atoms with Crippen molar-refractivity contribution >= 4 is 10.0 Å². The van der Waals surface area contributed by atoms with Crippen molar-refractivity contribution in [3.8, 4) is 0 Å². The molecule has 0 saturated heterocycles. The number of hydrogen-bond acceptors (Lipinski definition) is 4. The molecule has 0 aromatic heterocycles. The molecule has 0 heterocycles. The number of methoxy groups -OCH3 is 1. The third-order valence-corrected chi connectivity index (χ3v) is 5.04. The van der Waals surface area contributed by atoms with E-state index in [1.54, 1.807) is 19.2 Å². The van der Waals surface area contributed by atoms with Gasteiger partial charge >= 0.3 is 0 Å². The minimum absolute atomic E-state index is 0.197. The van der Waals surface area contributed by atoms with Crippen LogP contribution in [-0.2, 0) is 21.3 Å². The average molecular weight is 314 g/mol. The Morgan fingerprint density at radius 1 is 1.33 bits per heavy atom. The predicted molar refractivity (Wildman–Crippen MR) is 84.8 cm³/mol. The van der Waals surface area contributed by atoms with Crippen LogP contribution in [0.3, 0.4) is 0 Å². The van der Waals surface area contributed by atoms with E-state index in [2.05, 4.69) is 10.0 Å². The molecular weight excluding hydrogens is 288 g/mol. The molecule has 2 N–H and O–H groups in total. The number of rotatable bonds is 9. The standard InChI is InChI=1S/C15H26N2O3S/c1-5-7-14(11-20-4)17-21(18,19)15-9-6-8-13(10-16-3)12(15)2/h6,8-9,14,16-17H,5,7,10-11H2,1-4H3. The van der Waals surface area contributed by atoms with Gasteiger partial charge in [0.25, 0.3) is 0 Å². The second kappa shape index (κ2) is 8.48. The van der Waals surface area contributed by atoms with Crippen LogP contribution < -0.4 is 10.0 Å². The van der Waals surface area contributed by atoms with E-state index in [4.69, 9.17) is 4.74 Å². The van der Waals surface area contributed by atoms with Crippen LogP contribution in [0.1, 0.15) is 30.9 Å². The fraction of sp³-hybridized carbons (Fsp3) is 0.600. The molecule has 6 heteroatoms. The highest BCUT2D eigenvalue weighted by Gasteiger charge is 2.22. The van der Waals surface area contributed by atoms with Gasteiger partial charge in [0.2, 0.25) is 10.0 Å². The highest BCUT2D eigenvalue weighted by Crippen LogP contribution is 2.19. The van der Waals surface area contributed by atoms with E-state index in [9.17, 15) is 8.42 Å². The first-order valence-electron chi connectivity index (χ1n) is 7.20. The summed E-state index contributed by atoms with van der Waals surface area (Å²) in [6.45, 7) is 4.89. The molecule has 0 radical (unpaired) electrons. The maximum atomic E-state index is 12.6. The molecule has 1 rings (SSSR count). The lowest BCUT2D eigenvalue weighted by molar-refractivity contribution is 0.171. The third kappa shape index (κ3) is 5.07. The summed E-state index contributed by atoms with van der Waals surface area (Å²) in [6, 6.07) is 5.16. The first kappa shape index (κ1) is 18.1. The molecule has 5 nitrogen and oxygen atoms in total. The van der Waals surface area contributed by atoms with Crippen LogP contribution in [0.15, 0.2) is 23.1 Å². The molecule has 1 atom stereocenters. The molecule has 120 valence electrons. The lowest BCUT2D eigenvalue weighted by atomic mass is 10.1. The van der Waals surface area contributed by atoms with Gasteiger partial charge in [-0.3, -0.25) is 0 Å². The van der Waals surface area contributed by atoms with Gasteiger partial charge in [-0.2, -0.15) is 0 Å². The molecule has 1 aromatic carbocycles. The van der Waals surface area contributed by atoms with Crippen LogP contribution in [0.2, 0.25) is 0 Å². The van der Waals surface area contributed by atoms with Crippen molar-refractivity contribution in [1.29, 1.82) is 0 Å². The zero-order chi connectivity index (χ0) is 15.9. The minimum atomic E-state index is -3.53.